The van der Waals surface area contributed by atoms with E-state index in [-0.39, 0.29) is 5.82 Å². The Bertz CT molecular complexity index is 675. The zero-order chi connectivity index (χ0) is 15.9. The highest BCUT2D eigenvalue weighted by atomic mass is 32.1. The van der Waals surface area contributed by atoms with Gasteiger partial charge in [0.15, 0.2) is 6.61 Å². The van der Waals surface area contributed by atoms with Crippen LogP contribution in [0.5, 0.6) is 0 Å². The van der Waals surface area contributed by atoms with E-state index < -0.39 is 18.5 Å². The summed E-state index contributed by atoms with van der Waals surface area (Å²) in [5.41, 5.74) is 0.949. The molecular formula is C16H13FO4S. The van der Waals surface area contributed by atoms with E-state index >= 15 is 0 Å². The summed E-state index contributed by atoms with van der Waals surface area (Å²) in [6, 6.07) is 9.27. The summed E-state index contributed by atoms with van der Waals surface area (Å²) in [7, 11) is 1.21. The molecule has 0 bridgehead atoms. The number of benzene rings is 1. The first-order valence-electron chi connectivity index (χ1n) is 6.35. The number of hydrogen-bond donors (Lipinski definition) is 0. The van der Waals surface area contributed by atoms with Crippen LogP contribution < -0.4 is 0 Å². The molecule has 0 saturated carbocycles. The van der Waals surface area contributed by atoms with Gasteiger partial charge in [0.2, 0.25) is 0 Å². The molecule has 2 aromatic rings. The van der Waals surface area contributed by atoms with Crippen molar-refractivity contribution in [2.45, 2.75) is 0 Å². The van der Waals surface area contributed by atoms with E-state index in [4.69, 9.17) is 4.74 Å². The quantitative estimate of drug-likeness (QED) is 0.627. The SMILES string of the molecule is COC(=O)COC(=O)C(=Cc1ccc(F)cc1)c1cccs1. The van der Waals surface area contributed by atoms with Crippen molar-refractivity contribution in [3.8, 4) is 0 Å². The molecule has 0 aliphatic rings. The molecule has 1 aromatic heterocycles. The minimum absolute atomic E-state index is 0.297. The summed E-state index contributed by atoms with van der Waals surface area (Å²) in [5, 5.41) is 1.82. The number of thiophene rings is 1. The van der Waals surface area contributed by atoms with Crippen LogP contribution in [-0.4, -0.2) is 25.7 Å². The monoisotopic (exact) mass is 320 g/mol. The van der Waals surface area contributed by atoms with Crippen LogP contribution in [-0.2, 0) is 19.1 Å². The fourth-order valence-electron chi connectivity index (χ4n) is 1.65. The molecule has 1 heterocycles. The standard InChI is InChI=1S/C16H13FO4S/c1-20-15(18)10-21-16(19)13(14-3-2-8-22-14)9-11-4-6-12(17)7-5-11/h2-9H,10H2,1H3. The molecule has 0 saturated heterocycles. The Kier molecular flexibility index (Phi) is 5.43. The third-order valence-electron chi connectivity index (χ3n) is 2.74. The normalized spacial score (nSPS) is 11.1. The molecule has 0 radical (unpaired) electrons. The number of hydrogen-bond acceptors (Lipinski definition) is 5. The van der Waals surface area contributed by atoms with Crippen LogP contribution >= 0.6 is 11.3 Å². The van der Waals surface area contributed by atoms with Gasteiger partial charge >= 0.3 is 11.9 Å². The first kappa shape index (κ1) is 15.9. The summed E-state index contributed by atoms with van der Waals surface area (Å²) in [5.74, 6) is -1.64. The van der Waals surface area contributed by atoms with Gasteiger partial charge in [-0.15, -0.1) is 11.3 Å². The Balaban J connectivity index is 2.25. The molecule has 1 aromatic carbocycles. The van der Waals surface area contributed by atoms with Gasteiger partial charge in [-0.05, 0) is 35.2 Å². The van der Waals surface area contributed by atoms with Crippen molar-refractivity contribution < 1.29 is 23.5 Å². The van der Waals surface area contributed by atoms with Crippen molar-refractivity contribution in [1.82, 2.24) is 0 Å². The van der Waals surface area contributed by atoms with E-state index in [0.717, 1.165) is 0 Å². The van der Waals surface area contributed by atoms with Crippen LogP contribution in [0.25, 0.3) is 11.6 Å². The number of ether oxygens (including phenoxy) is 2. The zero-order valence-electron chi connectivity index (χ0n) is 11.7. The first-order chi connectivity index (χ1) is 10.6. The van der Waals surface area contributed by atoms with E-state index in [1.807, 2.05) is 5.38 Å². The van der Waals surface area contributed by atoms with Gasteiger partial charge in [0.1, 0.15) is 5.82 Å². The van der Waals surface area contributed by atoms with Crippen LogP contribution in [0.1, 0.15) is 10.4 Å². The third-order valence-corrected chi connectivity index (χ3v) is 3.64. The second-order valence-corrected chi connectivity index (χ2v) is 5.19. The predicted octanol–water partition coefficient (Wildman–Crippen LogP) is 3.14. The Labute approximate surface area is 130 Å². The number of rotatable bonds is 5. The van der Waals surface area contributed by atoms with Crippen molar-refractivity contribution >= 4 is 34.9 Å². The zero-order valence-corrected chi connectivity index (χ0v) is 12.6. The lowest BCUT2D eigenvalue weighted by atomic mass is 10.1. The Morgan fingerprint density at radius 3 is 2.55 bits per heavy atom. The van der Waals surface area contributed by atoms with Crippen molar-refractivity contribution in [2.24, 2.45) is 0 Å². The smallest absolute Gasteiger partial charge is 0.344 e. The van der Waals surface area contributed by atoms with Crippen LogP contribution in [0.15, 0.2) is 41.8 Å². The van der Waals surface area contributed by atoms with Gasteiger partial charge in [0.05, 0.1) is 12.7 Å². The van der Waals surface area contributed by atoms with Crippen LogP contribution in [0.3, 0.4) is 0 Å². The fourth-order valence-corrected chi connectivity index (χ4v) is 2.38. The van der Waals surface area contributed by atoms with Gasteiger partial charge < -0.3 is 9.47 Å². The minimum Gasteiger partial charge on any atom is -0.466 e. The lowest BCUT2D eigenvalue weighted by Gasteiger charge is -2.06. The minimum atomic E-state index is -0.642. The second-order valence-electron chi connectivity index (χ2n) is 4.24. The number of carbonyl (C=O) groups is 2. The maximum absolute atomic E-state index is 12.9. The average Bonchev–Trinajstić information content (AvgIpc) is 3.05. The highest BCUT2D eigenvalue weighted by Gasteiger charge is 2.16. The maximum atomic E-state index is 12.9. The molecule has 0 aliphatic heterocycles. The van der Waals surface area contributed by atoms with Crippen molar-refractivity contribution in [2.75, 3.05) is 13.7 Å². The molecule has 0 atom stereocenters. The molecule has 4 nitrogen and oxygen atoms in total. The number of carbonyl (C=O) groups excluding carboxylic acids is 2. The van der Waals surface area contributed by atoms with Gasteiger partial charge in [-0.1, -0.05) is 18.2 Å². The summed E-state index contributed by atoms with van der Waals surface area (Å²) in [6.45, 7) is -0.457. The van der Waals surface area contributed by atoms with E-state index in [2.05, 4.69) is 4.74 Å². The molecular weight excluding hydrogens is 307 g/mol. The number of methoxy groups -OCH3 is 1. The highest BCUT2D eigenvalue weighted by molar-refractivity contribution is 7.11. The Morgan fingerprint density at radius 2 is 1.95 bits per heavy atom. The van der Waals surface area contributed by atoms with Gasteiger partial charge in [-0.2, -0.15) is 0 Å². The second kappa shape index (κ2) is 7.51. The van der Waals surface area contributed by atoms with Crippen LogP contribution in [0.4, 0.5) is 4.39 Å². The maximum Gasteiger partial charge on any atom is 0.344 e. The molecule has 0 fully saturated rings. The van der Waals surface area contributed by atoms with Crippen LogP contribution in [0.2, 0.25) is 0 Å². The lowest BCUT2D eigenvalue weighted by Crippen LogP contribution is -2.15. The number of halogens is 1. The topological polar surface area (TPSA) is 52.6 Å². The largest absolute Gasteiger partial charge is 0.466 e. The van der Waals surface area contributed by atoms with Crippen molar-refractivity contribution in [3.05, 3.63) is 58.0 Å². The highest BCUT2D eigenvalue weighted by Crippen LogP contribution is 2.24. The molecule has 22 heavy (non-hydrogen) atoms. The van der Waals surface area contributed by atoms with Crippen LogP contribution in [0, 0.1) is 5.82 Å². The van der Waals surface area contributed by atoms with Gasteiger partial charge in [0, 0.05) is 4.88 Å². The predicted molar refractivity (Wildman–Crippen MR) is 81.6 cm³/mol. The molecule has 0 N–H and O–H groups in total. The summed E-state index contributed by atoms with van der Waals surface area (Å²) in [6.07, 6.45) is 1.59. The van der Waals surface area contributed by atoms with E-state index in [1.54, 1.807) is 30.3 Å². The molecule has 0 spiro atoms. The lowest BCUT2D eigenvalue weighted by molar-refractivity contribution is -0.153. The molecule has 0 aliphatic carbocycles. The summed E-state index contributed by atoms with van der Waals surface area (Å²) < 4.78 is 22.3. The molecule has 2 rings (SSSR count). The van der Waals surface area contributed by atoms with Gasteiger partial charge in [-0.3, -0.25) is 0 Å². The van der Waals surface area contributed by atoms with Gasteiger partial charge in [0.25, 0.3) is 0 Å². The van der Waals surface area contributed by atoms with E-state index in [9.17, 15) is 14.0 Å². The molecule has 0 amide bonds. The van der Waals surface area contributed by atoms with Crippen molar-refractivity contribution in [3.63, 3.8) is 0 Å². The Hall–Kier alpha value is -2.47. The molecule has 6 heteroatoms. The van der Waals surface area contributed by atoms with Crippen molar-refractivity contribution in [1.29, 1.82) is 0 Å². The first-order valence-corrected chi connectivity index (χ1v) is 7.23. The molecule has 0 unspecified atom stereocenters. The fraction of sp³-hybridized carbons (Fsp3) is 0.125. The summed E-state index contributed by atoms with van der Waals surface area (Å²) >= 11 is 1.36. The molecule has 114 valence electrons. The van der Waals surface area contributed by atoms with E-state index in [0.29, 0.717) is 16.0 Å². The van der Waals surface area contributed by atoms with Gasteiger partial charge in [-0.25, -0.2) is 14.0 Å². The average molecular weight is 320 g/mol. The van der Waals surface area contributed by atoms with E-state index in [1.165, 1.54) is 30.6 Å². The Morgan fingerprint density at radius 1 is 1.23 bits per heavy atom. The third kappa shape index (κ3) is 4.26. The number of esters is 2. The summed E-state index contributed by atoms with van der Waals surface area (Å²) in [4.78, 5) is 23.9.